The molecule has 1 heterocycles. The Morgan fingerprint density at radius 1 is 1.09 bits per heavy atom. The average molecular weight is 387 g/mol. The van der Waals surface area contributed by atoms with Crippen molar-refractivity contribution in [1.82, 2.24) is 9.88 Å². The molecule has 7 heteroatoms. The van der Waals surface area contributed by atoms with E-state index in [1.165, 1.54) is 0 Å². The van der Waals surface area contributed by atoms with Crippen LogP contribution in [-0.4, -0.2) is 33.3 Å². The molecule has 0 bridgehead atoms. The molecule has 128 valence electrons. The van der Waals surface area contributed by atoms with Crippen molar-refractivity contribution in [3.8, 4) is 0 Å². The van der Waals surface area contributed by atoms with E-state index in [4.69, 9.17) is 9.47 Å². The van der Waals surface area contributed by atoms with Gasteiger partial charge in [-0.1, -0.05) is 6.07 Å². The van der Waals surface area contributed by atoms with Gasteiger partial charge in [-0.3, -0.25) is 0 Å². The molecule has 0 aliphatic carbocycles. The molecular weight excluding hydrogens is 364 g/mol. The molecule has 0 aromatic carbocycles. The topological polar surface area (TPSA) is 68.7 Å². The molecule has 2 amide bonds. The molecule has 0 fully saturated rings. The van der Waals surface area contributed by atoms with Gasteiger partial charge < -0.3 is 9.47 Å². The van der Waals surface area contributed by atoms with Crippen molar-refractivity contribution in [1.29, 1.82) is 0 Å². The minimum Gasteiger partial charge on any atom is -0.443 e. The van der Waals surface area contributed by atoms with Crippen LogP contribution in [0.15, 0.2) is 22.9 Å². The Hall–Kier alpha value is -1.63. The number of carbonyl (C=O) groups excluding carboxylic acids is 2. The van der Waals surface area contributed by atoms with Gasteiger partial charge >= 0.3 is 12.2 Å². The summed E-state index contributed by atoms with van der Waals surface area (Å²) in [6.07, 6.45) is 0.0869. The molecule has 0 saturated heterocycles. The third-order valence-electron chi connectivity index (χ3n) is 2.39. The number of imide groups is 1. The van der Waals surface area contributed by atoms with E-state index in [0.29, 0.717) is 10.2 Å². The highest BCUT2D eigenvalue weighted by molar-refractivity contribution is 9.10. The lowest BCUT2D eigenvalue weighted by Gasteiger charge is -2.28. The zero-order valence-electron chi connectivity index (χ0n) is 14.3. The summed E-state index contributed by atoms with van der Waals surface area (Å²) in [5.41, 5.74) is -0.767. The van der Waals surface area contributed by atoms with Crippen LogP contribution in [0.1, 0.15) is 47.1 Å². The van der Waals surface area contributed by atoms with Crippen molar-refractivity contribution in [3.05, 3.63) is 28.5 Å². The van der Waals surface area contributed by atoms with Crippen molar-refractivity contribution < 1.29 is 19.1 Å². The van der Waals surface area contributed by atoms with E-state index in [-0.39, 0.29) is 6.54 Å². The van der Waals surface area contributed by atoms with Crippen molar-refractivity contribution >= 4 is 28.1 Å². The number of hydrogen-bond donors (Lipinski definition) is 0. The lowest BCUT2D eigenvalue weighted by Crippen LogP contribution is -2.43. The van der Waals surface area contributed by atoms with Gasteiger partial charge in [0, 0.05) is 11.8 Å². The van der Waals surface area contributed by atoms with E-state index in [9.17, 15) is 9.59 Å². The molecule has 0 N–H and O–H groups in total. The van der Waals surface area contributed by atoms with Gasteiger partial charge in [0.1, 0.15) is 15.8 Å². The minimum absolute atomic E-state index is 0.00174. The Morgan fingerprint density at radius 3 is 1.96 bits per heavy atom. The zero-order chi connectivity index (χ0) is 17.8. The predicted molar refractivity (Wildman–Crippen MR) is 89.9 cm³/mol. The quantitative estimate of drug-likeness (QED) is 0.698. The number of hydrogen-bond acceptors (Lipinski definition) is 5. The van der Waals surface area contributed by atoms with E-state index < -0.39 is 23.4 Å². The number of rotatable bonds is 2. The Kier molecular flexibility index (Phi) is 6.16. The third kappa shape index (κ3) is 6.99. The van der Waals surface area contributed by atoms with Crippen LogP contribution in [0.4, 0.5) is 9.59 Å². The second kappa shape index (κ2) is 7.29. The molecule has 23 heavy (non-hydrogen) atoms. The summed E-state index contributed by atoms with van der Waals surface area (Å²) >= 11 is 3.30. The van der Waals surface area contributed by atoms with Crippen molar-refractivity contribution in [2.75, 3.05) is 0 Å². The van der Waals surface area contributed by atoms with Gasteiger partial charge in [0.25, 0.3) is 0 Å². The van der Waals surface area contributed by atoms with Crippen LogP contribution < -0.4 is 0 Å². The number of aromatic nitrogens is 1. The Balaban J connectivity index is 3.03. The van der Waals surface area contributed by atoms with Gasteiger partial charge in [0.15, 0.2) is 0 Å². The normalized spacial score (nSPS) is 11.8. The fraction of sp³-hybridized carbons (Fsp3) is 0.562. The summed E-state index contributed by atoms with van der Waals surface area (Å²) in [6.45, 7) is 10.4. The number of pyridine rings is 1. The molecule has 0 atom stereocenters. The van der Waals surface area contributed by atoms with Crippen molar-refractivity contribution in [2.45, 2.75) is 59.3 Å². The van der Waals surface area contributed by atoms with Crippen LogP contribution in [0, 0.1) is 0 Å². The third-order valence-corrected chi connectivity index (χ3v) is 3.11. The molecule has 0 unspecified atom stereocenters. The first kappa shape index (κ1) is 19.4. The molecule has 0 radical (unpaired) electrons. The molecule has 1 aromatic heterocycles. The Labute approximate surface area is 145 Å². The first-order chi connectivity index (χ1) is 10.4. The summed E-state index contributed by atoms with van der Waals surface area (Å²) in [5, 5.41) is 0. The molecular formula is C16H23BrN2O4. The summed E-state index contributed by atoms with van der Waals surface area (Å²) in [7, 11) is 0. The molecule has 0 aliphatic heterocycles. The molecule has 0 aliphatic rings. The van der Waals surface area contributed by atoms with Gasteiger partial charge in [0.05, 0.1) is 6.54 Å². The Bertz CT molecular complexity index is 548. The summed E-state index contributed by atoms with van der Waals surface area (Å²) in [6, 6.07) is 3.49. The van der Waals surface area contributed by atoms with E-state index in [2.05, 4.69) is 20.9 Å². The second-order valence-electron chi connectivity index (χ2n) is 7.00. The number of ether oxygens (including phenoxy) is 2. The van der Waals surface area contributed by atoms with Crippen LogP contribution in [0.25, 0.3) is 0 Å². The number of nitrogens with zero attached hydrogens (tertiary/aromatic N) is 2. The molecule has 1 rings (SSSR count). The number of amides is 2. The van der Waals surface area contributed by atoms with Gasteiger partial charge in [-0.15, -0.1) is 0 Å². The van der Waals surface area contributed by atoms with Gasteiger partial charge in [-0.25, -0.2) is 19.5 Å². The standard InChI is InChI=1S/C16H23BrN2O4/c1-15(2,3)22-13(20)19(14(21)23-16(4,5)6)10-11-8-7-9-18-12(11)17/h7-9H,10H2,1-6H3. The fourth-order valence-electron chi connectivity index (χ4n) is 1.55. The van der Waals surface area contributed by atoms with Gasteiger partial charge in [-0.05, 0) is 63.5 Å². The van der Waals surface area contributed by atoms with Crippen LogP contribution >= 0.6 is 15.9 Å². The van der Waals surface area contributed by atoms with E-state index in [1.807, 2.05) is 0 Å². The fourth-order valence-corrected chi connectivity index (χ4v) is 1.92. The number of halogens is 1. The molecule has 6 nitrogen and oxygen atoms in total. The predicted octanol–water partition coefficient (Wildman–Crippen LogP) is 4.52. The lowest BCUT2D eigenvalue weighted by molar-refractivity contribution is -0.000294. The largest absolute Gasteiger partial charge is 0.443 e. The summed E-state index contributed by atoms with van der Waals surface area (Å²) in [4.78, 5) is 29.8. The summed E-state index contributed by atoms with van der Waals surface area (Å²) < 4.78 is 11.1. The smallest absolute Gasteiger partial charge is 0.420 e. The highest BCUT2D eigenvalue weighted by Crippen LogP contribution is 2.20. The SMILES string of the molecule is CC(C)(C)OC(=O)N(Cc1cccnc1Br)C(=O)OC(C)(C)C. The van der Waals surface area contributed by atoms with Crippen LogP contribution in [0.3, 0.4) is 0 Å². The summed E-state index contributed by atoms with van der Waals surface area (Å²) in [5.74, 6) is 0. The number of carbonyl (C=O) groups is 2. The monoisotopic (exact) mass is 386 g/mol. The second-order valence-corrected chi connectivity index (χ2v) is 7.75. The average Bonchev–Trinajstić information content (AvgIpc) is 2.33. The van der Waals surface area contributed by atoms with Crippen molar-refractivity contribution in [2.24, 2.45) is 0 Å². The molecule has 1 aromatic rings. The Morgan fingerprint density at radius 2 is 1.57 bits per heavy atom. The molecule has 0 saturated carbocycles. The van der Waals surface area contributed by atoms with Crippen molar-refractivity contribution in [3.63, 3.8) is 0 Å². The van der Waals surface area contributed by atoms with Crippen LogP contribution in [-0.2, 0) is 16.0 Å². The highest BCUT2D eigenvalue weighted by Gasteiger charge is 2.31. The first-order valence-corrected chi connectivity index (χ1v) is 8.01. The van der Waals surface area contributed by atoms with Crippen LogP contribution in [0.2, 0.25) is 0 Å². The van der Waals surface area contributed by atoms with Crippen LogP contribution in [0.5, 0.6) is 0 Å². The van der Waals surface area contributed by atoms with E-state index in [1.54, 1.807) is 59.9 Å². The molecule has 0 spiro atoms. The zero-order valence-corrected chi connectivity index (χ0v) is 15.9. The highest BCUT2D eigenvalue weighted by atomic mass is 79.9. The lowest BCUT2D eigenvalue weighted by atomic mass is 10.2. The maximum atomic E-state index is 12.4. The maximum Gasteiger partial charge on any atom is 0.420 e. The first-order valence-electron chi connectivity index (χ1n) is 7.22. The van der Waals surface area contributed by atoms with Gasteiger partial charge in [-0.2, -0.15) is 0 Å². The minimum atomic E-state index is -0.762. The maximum absolute atomic E-state index is 12.4. The van der Waals surface area contributed by atoms with E-state index in [0.717, 1.165) is 4.90 Å². The van der Waals surface area contributed by atoms with Gasteiger partial charge in [0.2, 0.25) is 0 Å². The van der Waals surface area contributed by atoms with E-state index >= 15 is 0 Å².